The van der Waals surface area contributed by atoms with E-state index in [1.54, 1.807) is 0 Å². The van der Waals surface area contributed by atoms with E-state index >= 15 is 0 Å². The molecule has 0 spiro atoms. The standard InChI is InChI=1S/C9H18O5Si/c1-4-15(7-5-6-10,13-8(2)11)14-9(3)12/h10H,4-7H2,1-3H3. The van der Waals surface area contributed by atoms with Gasteiger partial charge < -0.3 is 14.0 Å². The van der Waals surface area contributed by atoms with Crippen molar-refractivity contribution < 1.29 is 23.5 Å². The van der Waals surface area contributed by atoms with E-state index in [-0.39, 0.29) is 6.61 Å². The Morgan fingerprint density at radius 1 is 1.20 bits per heavy atom. The van der Waals surface area contributed by atoms with Crippen LogP contribution in [0.25, 0.3) is 0 Å². The molecule has 0 aromatic rings. The van der Waals surface area contributed by atoms with Gasteiger partial charge in [0.05, 0.1) is 0 Å². The summed E-state index contributed by atoms with van der Waals surface area (Å²) in [5.74, 6) is -0.884. The summed E-state index contributed by atoms with van der Waals surface area (Å²) in [5, 5.41) is 8.73. The maximum absolute atomic E-state index is 10.9. The van der Waals surface area contributed by atoms with Crippen molar-refractivity contribution in [2.75, 3.05) is 6.61 Å². The molecule has 88 valence electrons. The van der Waals surface area contributed by atoms with Crippen LogP contribution in [0.3, 0.4) is 0 Å². The molecule has 1 N–H and O–H groups in total. The molecule has 0 rings (SSSR count). The van der Waals surface area contributed by atoms with Crippen molar-refractivity contribution in [3.63, 3.8) is 0 Å². The third kappa shape index (κ3) is 5.53. The average Bonchev–Trinajstić information content (AvgIpc) is 2.12. The molecular formula is C9H18O5Si. The van der Waals surface area contributed by atoms with Crippen LogP contribution in [-0.2, 0) is 18.4 Å². The molecule has 0 aromatic carbocycles. The summed E-state index contributed by atoms with van der Waals surface area (Å²) in [6, 6.07) is 0.950. The van der Waals surface area contributed by atoms with Crippen molar-refractivity contribution in [2.24, 2.45) is 0 Å². The van der Waals surface area contributed by atoms with E-state index in [0.29, 0.717) is 18.5 Å². The molecule has 0 aliphatic carbocycles. The highest BCUT2D eigenvalue weighted by atomic mass is 28.4. The first-order chi connectivity index (χ1) is 6.95. The molecule has 0 aliphatic rings. The van der Waals surface area contributed by atoms with Gasteiger partial charge in [-0.15, -0.1) is 0 Å². The van der Waals surface area contributed by atoms with Crippen LogP contribution >= 0.6 is 0 Å². The van der Waals surface area contributed by atoms with Crippen molar-refractivity contribution >= 4 is 20.5 Å². The van der Waals surface area contributed by atoms with Gasteiger partial charge in [0.1, 0.15) is 0 Å². The highest BCUT2D eigenvalue weighted by Gasteiger charge is 2.41. The highest BCUT2D eigenvalue weighted by Crippen LogP contribution is 2.21. The fourth-order valence-corrected chi connectivity index (χ4v) is 3.95. The van der Waals surface area contributed by atoms with Crippen molar-refractivity contribution in [2.45, 2.75) is 39.3 Å². The average molecular weight is 234 g/mol. The number of aliphatic hydroxyl groups is 1. The van der Waals surface area contributed by atoms with Crippen LogP contribution in [0.1, 0.15) is 27.2 Å². The number of aliphatic hydroxyl groups excluding tert-OH is 1. The first-order valence-corrected chi connectivity index (χ1v) is 7.19. The van der Waals surface area contributed by atoms with E-state index in [9.17, 15) is 9.59 Å². The second-order valence-corrected chi connectivity index (χ2v) is 6.72. The number of carbonyl (C=O) groups excluding carboxylic acids is 2. The van der Waals surface area contributed by atoms with Gasteiger partial charge >= 0.3 is 8.56 Å². The summed E-state index contributed by atoms with van der Waals surface area (Å²) in [4.78, 5) is 21.8. The Labute approximate surface area is 90.6 Å². The molecule has 0 saturated carbocycles. The molecule has 0 bridgehead atoms. The topological polar surface area (TPSA) is 72.8 Å². The van der Waals surface area contributed by atoms with Gasteiger partial charge in [0.15, 0.2) is 0 Å². The summed E-state index contributed by atoms with van der Waals surface area (Å²) in [5.41, 5.74) is 0. The molecule has 0 fully saturated rings. The predicted octanol–water partition coefficient (Wildman–Crippen LogP) is 0.957. The van der Waals surface area contributed by atoms with Crippen LogP contribution < -0.4 is 0 Å². The monoisotopic (exact) mass is 234 g/mol. The highest BCUT2D eigenvalue weighted by molar-refractivity contribution is 6.70. The molecule has 15 heavy (non-hydrogen) atoms. The Hall–Kier alpha value is -0.883. The summed E-state index contributed by atoms with van der Waals surface area (Å²) in [7, 11) is -2.78. The zero-order valence-electron chi connectivity index (χ0n) is 9.41. The van der Waals surface area contributed by atoms with Crippen LogP contribution in [-0.4, -0.2) is 32.2 Å². The molecule has 0 aliphatic heterocycles. The Morgan fingerprint density at radius 3 is 1.93 bits per heavy atom. The fourth-order valence-electron chi connectivity index (χ4n) is 1.32. The van der Waals surface area contributed by atoms with Crippen molar-refractivity contribution in [1.82, 2.24) is 0 Å². The lowest BCUT2D eigenvalue weighted by Gasteiger charge is -2.27. The zero-order chi connectivity index (χ0) is 11.9. The summed E-state index contributed by atoms with van der Waals surface area (Å²) in [6.07, 6.45) is 0.473. The van der Waals surface area contributed by atoms with Gasteiger partial charge in [0.2, 0.25) is 0 Å². The largest absolute Gasteiger partial charge is 0.485 e. The van der Waals surface area contributed by atoms with Crippen molar-refractivity contribution in [3.05, 3.63) is 0 Å². The lowest BCUT2D eigenvalue weighted by Crippen LogP contribution is -2.44. The number of hydrogen-bond donors (Lipinski definition) is 1. The van der Waals surface area contributed by atoms with Gasteiger partial charge in [-0.05, 0) is 6.42 Å². The maximum atomic E-state index is 10.9. The fraction of sp³-hybridized carbons (Fsp3) is 0.778. The summed E-state index contributed by atoms with van der Waals surface area (Å²) in [6.45, 7) is 4.40. The Bertz CT molecular complexity index is 213. The first-order valence-electron chi connectivity index (χ1n) is 4.96. The quantitative estimate of drug-likeness (QED) is 0.693. The number of carbonyl (C=O) groups is 2. The summed E-state index contributed by atoms with van der Waals surface area (Å²) < 4.78 is 10.3. The second kappa shape index (κ2) is 6.57. The van der Waals surface area contributed by atoms with Gasteiger partial charge in [-0.25, -0.2) is 0 Å². The molecule has 0 heterocycles. The number of hydrogen-bond acceptors (Lipinski definition) is 5. The molecule has 0 atom stereocenters. The van der Waals surface area contributed by atoms with Gasteiger partial charge in [-0.3, -0.25) is 9.59 Å². The Morgan fingerprint density at radius 2 is 1.67 bits per heavy atom. The van der Waals surface area contributed by atoms with E-state index in [1.807, 2.05) is 6.92 Å². The van der Waals surface area contributed by atoms with Crippen LogP contribution in [0.15, 0.2) is 0 Å². The van der Waals surface area contributed by atoms with Crippen molar-refractivity contribution in [3.8, 4) is 0 Å². The zero-order valence-corrected chi connectivity index (χ0v) is 10.4. The van der Waals surface area contributed by atoms with E-state index in [1.165, 1.54) is 13.8 Å². The smallest absolute Gasteiger partial charge is 0.464 e. The van der Waals surface area contributed by atoms with Crippen LogP contribution in [0.4, 0.5) is 0 Å². The van der Waals surface area contributed by atoms with E-state index in [2.05, 4.69) is 0 Å². The molecule has 0 unspecified atom stereocenters. The minimum Gasteiger partial charge on any atom is -0.485 e. The second-order valence-electron chi connectivity index (χ2n) is 3.28. The van der Waals surface area contributed by atoms with Gasteiger partial charge in [-0.1, -0.05) is 6.92 Å². The lowest BCUT2D eigenvalue weighted by atomic mass is 10.5. The van der Waals surface area contributed by atoms with Gasteiger partial charge in [0.25, 0.3) is 11.9 Å². The molecule has 0 saturated heterocycles. The normalized spacial score (nSPS) is 10.9. The summed E-state index contributed by atoms with van der Waals surface area (Å²) >= 11 is 0. The third-order valence-electron chi connectivity index (χ3n) is 1.91. The van der Waals surface area contributed by atoms with E-state index < -0.39 is 20.5 Å². The minimum absolute atomic E-state index is 0.00270. The molecule has 0 aromatic heterocycles. The Kier molecular flexibility index (Phi) is 6.19. The minimum atomic E-state index is -2.78. The van der Waals surface area contributed by atoms with Gasteiger partial charge in [-0.2, -0.15) is 0 Å². The lowest BCUT2D eigenvalue weighted by molar-refractivity contribution is -0.139. The third-order valence-corrected chi connectivity index (χ3v) is 5.43. The molecule has 0 radical (unpaired) electrons. The van der Waals surface area contributed by atoms with Crippen LogP contribution in [0.5, 0.6) is 0 Å². The number of rotatable bonds is 6. The van der Waals surface area contributed by atoms with E-state index in [4.69, 9.17) is 14.0 Å². The van der Waals surface area contributed by atoms with E-state index in [0.717, 1.165) is 0 Å². The molecule has 5 nitrogen and oxygen atoms in total. The molecule has 6 heteroatoms. The van der Waals surface area contributed by atoms with Crippen LogP contribution in [0.2, 0.25) is 12.1 Å². The molecular weight excluding hydrogens is 216 g/mol. The maximum Gasteiger partial charge on any atom is 0.464 e. The molecule has 0 amide bonds. The van der Waals surface area contributed by atoms with Crippen molar-refractivity contribution in [1.29, 1.82) is 0 Å². The Balaban J connectivity index is 4.58. The first kappa shape index (κ1) is 14.1. The van der Waals surface area contributed by atoms with Gasteiger partial charge in [0, 0.05) is 32.5 Å². The van der Waals surface area contributed by atoms with Crippen LogP contribution in [0, 0.1) is 0 Å². The predicted molar refractivity (Wildman–Crippen MR) is 56.3 cm³/mol. The SMILES string of the molecule is CC[Si](CCCO)(OC(C)=O)OC(C)=O.